The fraction of sp³-hybridized carbons (Fsp3) is 0.0625. The van der Waals surface area contributed by atoms with Crippen molar-refractivity contribution < 1.29 is 0 Å². The van der Waals surface area contributed by atoms with Crippen molar-refractivity contribution in [1.29, 1.82) is 0 Å². The maximum atomic E-state index is 6.12. The predicted molar refractivity (Wildman–Crippen MR) is 103 cm³/mol. The average molecular weight is 474 g/mol. The number of fused-ring (bicyclic) bond motifs is 4. The molecule has 2 heterocycles. The van der Waals surface area contributed by atoms with Crippen molar-refractivity contribution in [2.24, 2.45) is 7.05 Å². The second kappa shape index (κ2) is 5.41. The minimum absolute atomic E-state index is 0. The summed E-state index contributed by atoms with van der Waals surface area (Å²) in [7, 11) is 2.06. The molecular formula is C16H11BrClIN2. The van der Waals surface area contributed by atoms with Crippen LogP contribution in [0.5, 0.6) is 0 Å². The van der Waals surface area contributed by atoms with E-state index in [1.165, 1.54) is 0 Å². The van der Waals surface area contributed by atoms with E-state index in [1.54, 1.807) is 0 Å². The van der Waals surface area contributed by atoms with Crippen LogP contribution in [-0.2, 0) is 7.05 Å². The summed E-state index contributed by atoms with van der Waals surface area (Å²) >= 11 is 9.65. The molecule has 2 aliphatic heterocycles. The molecular weight excluding hydrogens is 462 g/mol. The smallest absolute Gasteiger partial charge is 0.0887 e. The van der Waals surface area contributed by atoms with Gasteiger partial charge < -0.3 is 4.57 Å². The van der Waals surface area contributed by atoms with Crippen LogP contribution in [0.4, 0.5) is 0 Å². The largest absolute Gasteiger partial charge is 0.342 e. The first kappa shape index (κ1) is 15.1. The lowest BCUT2D eigenvalue weighted by Crippen LogP contribution is -1.98. The molecule has 21 heavy (non-hydrogen) atoms. The second-order valence-corrected chi connectivity index (χ2v) is 6.27. The first-order chi connectivity index (χ1) is 9.63. The number of nitrogens with zero attached hydrogens (tertiary/aromatic N) is 2. The molecule has 0 aromatic heterocycles. The molecule has 2 nitrogen and oxygen atoms in total. The summed E-state index contributed by atoms with van der Waals surface area (Å²) in [6, 6.07) is 14.2. The highest BCUT2D eigenvalue weighted by Gasteiger charge is 2.16. The molecule has 0 radical (unpaired) electrons. The molecule has 0 saturated heterocycles. The Hall–Kier alpha value is -0.850. The van der Waals surface area contributed by atoms with Gasteiger partial charge in [0, 0.05) is 32.8 Å². The van der Waals surface area contributed by atoms with E-state index in [-0.39, 0.29) is 24.0 Å². The van der Waals surface area contributed by atoms with Gasteiger partial charge in [-0.3, -0.25) is 0 Å². The van der Waals surface area contributed by atoms with E-state index in [1.807, 2.05) is 30.3 Å². The number of rotatable bonds is 0. The number of pyridine rings is 1. The van der Waals surface area contributed by atoms with E-state index in [0.29, 0.717) is 0 Å². The SMILES string of the molecule is Cn1c2c3cc(Br)ccc3nc-2cc2ccc(Cl)cc21.I. The lowest BCUT2D eigenvalue weighted by Gasteiger charge is -2.12. The molecule has 0 fully saturated rings. The van der Waals surface area contributed by atoms with Crippen LogP contribution in [0.2, 0.25) is 5.02 Å². The lowest BCUT2D eigenvalue weighted by atomic mass is 10.1. The van der Waals surface area contributed by atoms with Crippen LogP contribution < -0.4 is 0 Å². The fourth-order valence-electron chi connectivity index (χ4n) is 2.77. The molecule has 0 spiro atoms. The number of hydrogen-bond acceptors (Lipinski definition) is 1. The van der Waals surface area contributed by atoms with E-state index in [2.05, 4.69) is 39.7 Å². The Labute approximate surface area is 152 Å². The zero-order chi connectivity index (χ0) is 13.9. The molecule has 0 unspecified atom stereocenters. The van der Waals surface area contributed by atoms with E-state index >= 15 is 0 Å². The summed E-state index contributed by atoms with van der Waals surface area (Å²) in [5, 5.41) is 3.04. The molecule has 4 rings (SSSR count). The molecule has 2 aliphatic rings. The molecule has 0 saturated carbocycles. The van der Waals surface area contributed by atoms with Gasteiger partial charge in [-0.05, 0) is 36.4 Å². The van der Waals surface area contributed by atoms with Gasteiger partial charge in [0.15, 0.2) is 0 Å². The number of aryl methyl sites for hydroxylation is 1. The second-order valence-electron chi connectivity index (χ2n) is 4.91. The van der Waals surface area contributed by atoms with Gasteiger partial charge >= 0.3 is 0 Å². The Kier molecular flexibility index (Phi) is 3.88. The first-order valence-electron chi connectivity index (χ1n) is 6.27. The van der Waals surface area contributed by atoms with E-state index < -0.39 is 0 Å². The molecule has 5 heteroatoms. The Balaban J connectivity index is 0.00000132. The quantitative estimate of drug-likeness (QED) is 0.292. The number of hydrogen-bond donors (Lipinski definition) is 0. The molecule has 0 atom stereocenters. The molecule has 0 bridgehead atoms. The number of halogens is 3. The van der Waals surface area contributed by atoms with Crippen LogP contribution in [0, 0.1) is 0 Å². The van der Waals surface area contributed by atoms with Crippen LogP contribution in [0.15, 0.2) is 46.9 Å². The zero-order valence-electron chi connectivity index (χ0n) is 11.1. The number of benzene rings is 2. The lowest BCUT2D eigenvalue weighted by molar-refractivity contribution is 0.967. The monoisotopic (exact) mass is 472 g/mol. The van der Waals surface area contributed by atoms with E-state index in [0.717, 1.165) is 42.7 Å². The summed E-state index contributed by atoms with van der Waals surface area (Å²) < 4.78 is 3.23. The molecule has 0 N–H and O–H groups in total. The van der Waals surface area contributed by atoms with E-state index in [9.17, 15) is 0 Å². The first-order valence-corrected chi connectivity index (χ1v) is 7.44. The van der Waals surface area contributed by atoms with Gasteiger partial charge in [0.05, 0.1) is 16.9 Å². The predicted octanol–water partition coefficient (Wildman–Crippen LogP) is 5.87. The normalized spacial score (nSPS) is 11.2. The maximum absolute atomic E-state index is 6.12. The Bertz CT molecular complexity index is 948. The van der Waals surface area contributed by atoms with Crippen LogP contribution >= 0.6 is 51.5 Å². The Morgan fingerprint density at radius 3 is 2.71 bits per heavy atom. The third-order valence-electron chi connectivity index (χ3n) is 3.68. The number of aromatic nitrogens is 2. The van der Waals surface area contributed by atoms with Gasteiger partial charge in [0.2, 0.25) is 0 Å². The summed E-state index contributed by atoms with van der Waals surface area (Å²) in [5.41, 5.74) is 4.27. The third-order valence-corrected chi connectivity index (χ3v) is 4.41. The minimum atomic E-state index is 0. The zero-order valence-corrected chi connectivity index (χ0v) is 15.8. The van der Waals surface area contributed by atoms with Gasteiger partial charge in [-0.2, -0.15) is 0 Å². The van der Waals surface area contributed by atoms with Crippen LogP contribution in [0.25, 0.3) is 33.2 Å². The average Bonchev–Trinajstić information content (AvgIpc) is 2.77. The topological polar surface area (TPSA) is 17.8 Å². The molecule has 2 aromatic carbocycles. The van der Waals surface area contributed by atoms with Gasteiger partial charge in [-0.1, -0.05) is 33.6 Å². The van der Waals surface area contributed by atoms with Crippen LogP contribution in [-0.4, -0.2) is 9.55 Å². The third kappa shape index (κ3) is 2.33. The van der Waals surface area contributed by atoms with Crippen LogP contribution in [0.3, 0.4) is 0 Å². The van der Waals surface area contributed by atoms with Crippen molar-refractivity contribution in [3.63, 3.8) is 0 Å². The fourth-order valence-corrected chi connectivity index (χ4v) is 3.29. The van der Waals surface area contributed by atoms with E-state index in [4.69, 9.17) is 16.6 Å². The summed E-state index contributed by atoms with van der Waals surface area (Å²) in [5.74, 6) is 0. The standard InChI is InChI=1S/C16H10BrClN2.HI/c1-20-15-8-11(18)4-2-9(15)6-14-16(20)12-7-10(17)3-5-13(12)19-14;/h2-8H,1H3;1H. The van der Waals surface area contributed by atoms with Crippen molar-refractivity contribution in [3.05, 3.63) is 52.0 Å². The minimum Gasteiger partial charge on any atom is -0.342 e. The van der Waals surface area contributed by atoms with Crippen molar-refractivity contribution in [3.8, 4) is 11.4 Å². The van der Waals surface area contributed by atoms with Gasteiger partial charge in [-0.15, -0.1) is 24.0 Å². The van der Waals surface area contributed by atoms with Crippen molar-refractivity contribution in [1.82, 2.24) is 9.55 Å². The molecule has 0 aliphatic carbocycles. The summed E-state index contributed by atoms with van der Waals surface area (Å²) in [6.45, 7) is 0. The van der Waals surface area contributed by atoms with Gasteiger partial charge in [0.1, 0.15) is 0 Å². The maximum Gasteiger partial charge on any atom is 0.0887 e. The summed E-state index contributed by atoms with van der Waals surface area (Å²) in [4.78, 5) is 4.72. The Morgan fingerprint density at radius 1 is 1.10 bits per heavy atom. The van der Waals surface area contributed by atoms with Crippen molar-refractivity contribution in [2.45, 2.75) is 0 Å². The molecule has 106 valence electrons. The van der Waals surface area contributed by atoms with Gasteiger partial charge in [-0.25, -0.2) is 4.98 Å². The molecule has 2 aromatic rings. The Morgan fingerprint density at radius 2 is 1.90 bits per heavy atom. The highest BCUT2D eigenvalue weighted by Crippen LogP contribution is 2.35. The van der Waals surface area contributed by atoms with Crippen molar-refractivity contribution in [2.75, 3.05) is 0 Å². The van der Waals surface area contributed by atoms with Crippen molar-refractivity contribution >= 4 is 73.3 Å². The van der Waals surface area contributed by atoms with Gasteiger partial charge in [0.25, 0.3) is 0 Å². The molecule has 0 amide bonds. The summed E-state index contributed by atoms with van der Waals surface area (Å²) in [6.07, 6.45) is 0. The van der Waals surface area contributed by atoms with Crippen LogP contribution in [0.1, 0.15) is 0 Å². The highest BCUT2D eigenvalue weighted by molar-refractivity contribution is 14.0. The highest BCUT2D eigenvalue weighted by atomic mass is 127.